The van der Waals surface area contributed by atoms with Crippen LogP contribution in [0.25, 0.3) is 0 Å². The van der Waals surface area contributed by atoms with Crippen LogP contribution in [-0.4, -0.2) is 19.0 Å². The normalized spacial score (nSPS) is 15.3. The third-order valence-corrected chi connectivity index (χ3v) is 3.01. The number of nitrogens with zero attached hydrogens (tertiary/aromatic N) is 1. The van der Waals surface area contributed by atoms with Gasteiger partial charge < -0.3 is 10.1 Å². The van der Waals surface area contributed by atoms with E-state index in [0.29, 0.717) is 24.1 Å². The minimum absolute atomic E-state index is 0.371. The van der Waals surface area contributed by atoms with E-state index in [0.717, 1.165) is 0 Å². The van der Waals surface area contributed by atoms with Crippen molar-refractivity contribution in [2.75, 3.05) is 12.4 Å². The van der Waals surface area contributed by atoms with Crippen LogP contribution in [0.5, 0.6) is 0 Å². The first-order valence-corrected chi connectivity index (χ1v) is 5.52. The summed E-state index contributed by atoms with van der Waals surface area (Å²) in [6, 6.07) is 8.53. The number of ether oxygens (including phenoxy) is 1. The Morgan fingerprint density at radius 1 is 1.44 bits per heavy atom. The topological polar surface area (TPSA) is 79.2 Å². The van der Waals surface area contributed by atoms with Crippen molar-refractivity contribution < 1.29 is 14.3 Å². The highest BCUT2D eigenvalue weighted by Gasteiger charge is 2.57. The predicted molar refractivity (Wildman–Crippen MR) is 63.5 cm³/mol. The second-order valence-corrected chi connectivity index (χ2v) is 4.22. The highest BCUT2D eigenvalue weighted by Crippen LogP contribution is 2.47. The van der Waals surface area contributed by atoms with E-state index in [2.05, 4.69) is 10.1 Å². The summed E-state index contributed by atoms with van der Waals surface area (Å²) in [5.74, 6) is -0.874. The van der Waals surface area contributed by atoms with Gasteiger partial charge in [-0.05, 0) is 31.0 Å². The summed E-state index contributed by atoms with van der Waals surface area (Å²) in [4.78, 5) is 23.5. The fourth-order valence-electron chi connectivity index (χ4n) is 1.76. The van der Waals surface area contributed by atoms with Gasteiger partial charge in [0.05, 0.1) is 18.7 Å². The lowest BCUT2D eigenvalue weighted by Gasteiger charge is -2.12. The highest BCUT2D eigenvalue weighted by molar-refractivity contribution is 6.11. The number of hydrogen-bond donors (Lipinski definition) is 1. The molecule has 0 unspecified atom stereocenters. The molecule has 0 radical (unpaired) electrons. The summed E-state index contributed by atoms with van der Waals surface area (Å²) in [5, 5.41) is 11.4. The zero-order valence-corrected chi connectivity index (χ0v) is 9.90. The molecule has 1 aliphatic carbocycles. The van der Waals surface area contributed by atoms with Crippen LogP contribution in [0.1, 0.15) is 18.4 Å². The summed E-state index contributed by atoms with van der Waals surface area (Å²) in [7, 11) is 1.27. The maximum Gasteiger partial charge on any atom is 0.321 e. The summed E-state index contributed by atoms with van der Waals surface area (Å²) in [6.45, 7) is 0. The first-order chi connectivity index (χ1) is 8.62. The van der Waals surface area contributed by atoms with Gasteiger partial charge in [-0.1, -0.05) is 6.07 Å². The Labute approximate surface area is 104 Å². The number of carbonyl (C=O) groups is 2. The highest BCUT2D eigenvalue weighted by atomic mass is 16.5. The monoisotopic (exact) mass is 244 g/mol. The van der Waals surface area contributed by atoms with Gasteiger partial charge in [0, 0.05) is 5.69 Å². The molecule has 92 valence electrons. The van der Waals surface area contributed by atoms with Crippen molar-refractivity contribution in [1.82, 2.24) is 0 Å². The van der Waals surface area contributed by atoms with Crippen LogP contribution in [0, 0.1) is 16.7 Å². The number of rotatable bonds is 3. The number of carbonyl (C=O) groups excluding carboxylic acids is 2. The molecule has 0 aliphatic heterocycles. The Kier molecular flexibility index (Phi) is 3.02. The number of nitriles is 1. The first kappa shape index (κ1) is 12.1. The maximum atomic E-state index is 12.0. The third kappa shape index (κ3) is 2.05. The minimum atomic E-state index is -1.03. The molecule has 0 heterocycles. The number of amides is 1. The average molecular weight is 244 g/mol. The van der Waals surface area contributed by atoms with E-state index in [4.69, 9.17) is 5.26 Å². The zero-order chi connectivity index (χ0) is 13.2. The summed E-state index contributed by atoms with van der Waals surface area (Å²) in [6.07, 6.45) is 1.01. The number of esters is 1. The second kappa shape index (κ2) is 4.49. The molecular formula is C13H12N2O3. The fraction of sp³-hybridized carbons (Fsp3) is 0.308. The van der Waals surface area contributed by atoms with E-state index in [1.165, 1.54) is 7.11 Å². The van der Waals surface area contributed by atoms with Crippen LogP contribution >= 0.6 is 0 Å². The van der Waals surface area contributed by atoms with Crippen molar-refractivity contribution in [1.29, 1.82) is 5.26 Å². The molecule has 0 atom stereocenters. The molecule has 0 saturated heterocycles. The van der Waals surface area contributed by atoms with Crippen LogP contribution < -0.4 is 5.32 Å². The SMILES string of the molecule is COC(=O)C1(C(=O)Nc2cccc(C#N)c2)CC1. The van der Waals surface area contributed by atoms with E-state index in [9.17, 15) is 9.59 Å². The first-order valence-electron chi connectivity index (χ1n) is 5.52. The number of nitrogens with one attached hydrogen (secondary N) is 1. The molecule has 1 fully saturated rings. The molecule has 0 spiro atoms. The molecule has 1 aromatic carbocycles. The van der Waals surface area contributed by atoms with Crippen molar-refractivity contribution in [2.45, 2.75) is 12.8 Å². The lowest BCUT2D eigenvalue weighted by Crippen LogP contribution is -2.32. The van der Waals surface area contributed by atoms with Gasteiger partial charge in [-0.15, -0.1) is 0 Å². The number of hydrogen-bond acceptors (Lipinski definition) is 4. The van der Waals surface area contributed by atoms with E-state index in [1.807, 2.05) is 6.07 Å². The van der Waals surface area contributed by atoms with Crippen molar-refractivity contribution in [3.8, 4) is 6.07 Å². The summed E-state index contributed by atoms with van der Waals surface area (Å²) < 4.78 is 4.63. The number of methoxy groups -OCH3 is 1. The number of benzene rings is 1. The second-order valence-electron chi connectivity index (χ2n) is 4.22. The van der Waals surface area contributed by atoms with Gasteiger partial charge in [0.1, 0.15) is 5.41 Å². The molecule has 1 aliphatic rings. The van der Waals surface area contributed by atoms with Crippen molar-refractivity contribution in [3.05, 3.63) is 29.8 Å². The van der Waals surface area contributed by atoms with Gasteiger partial charge in [0.25, 0.3) is 0 Å². The summed E-state index contributed by atoms with van der Waals surface area (Å²) in [5.41, 5.74) is -0.0674. The predicted octanol–water partition coefficient (Wildman–Crippen LogP) is 1.45. The molecule has 5 nitrogen and oxygen atoms in total. The van der Waals surface area contributed by atoms with Gasteiger partial charge in [0.15, 0.2) is 0 Å². The van der Waals surface area contributed by atoms with Gasteiger partial charge in [0.2, 0.25) is 5.91 Å². The van der Waals surface area contributed by atoms with Gasteiger partial charge >= 0.3 is 5.97 Å². The lowest BCUT2D eigenvalue weighted by molar-refractivity contribution is -0.150. The third-order valence-electron chi connectivity index (χ3n) is 3.01. The Bertz CT molecular complexity index is 541. The maximum absolute atomic E-state index is 12.0. The van der Waals surface area contributed by atoms with E-state index >= 15 is 0 Å². The molecular weight excluding hydrogens is 232 g/mol. The van der Waals surface area contributed by atoms with Crippen molar-refractivity contribution in [2.24, 2.45) is 5.41 Å². The largest absolute Gasteiger partial charge is 0.468 e. The van der Waals surface area contributed by atoms with Crippen LogP contribution in [0.15, 0.2) is 24.3 Å². The zero-order valence-electron chi connectivity index (χ0n) is 9.90. The lowest BCUT2D eigenvalue weighted by atomic mass is 10.1. The molecule has 0 aromatic heterocycles. The van der Waals surface area contributed by atoms with E-state index in [1.54, 1.807) is 24.3 Å². The molecule has 1 aromatic rings. The molecule has 1 amide bonds. The quantitative estimate of drug-likeness (QED) is 0.644. The van der Waals surface area contributed by atoms with Gasteiger partial charge in [-0.2, -0.15) is 5.26 Å². The van der Waals surface area contributed by atoms with Crippen LogP contribution in [0.3, 0.4) is 0 Å². The molecule has 18 heavy (non-hydrogen) atoms. The molecule has 1 saturated carbocycles. The smallest absolute Gasteiger partial charge is 0.321 e. The Balaban J connectivity index is 2.13. The fourth-order valence-corrected chi connectivity index (χ4v) is 1.76. The summed E-state index contributed by atoms with van der Waals surface area (Å²) >= 11 is 0. The molecule has 0 bridgehead atoms. The standard InChI is InChI=1S/C13H12N2O3/c1-18-12(17)13(5-6-13)11(16)15-10-4-2-3-9(7-10)8-14/h2-4,7H,5-6H2,1H3,(H,15,16). The Morgan fingerprint density at radius 3 is 2.72 bits per heavy atom. The molecule has 1 N–H and O–H groups in total. The van der Waals surface area contributed by atoms with Crippen LogP contribution in [0.2, 0.25) is 0 Å². The minimum Gasteiger partial charge on any atom is -0.468 e. The Morgan fingerprint density at radius 2 is 2.17 bits per heavy atom. The van der Waals surface area contributed by atoms with Crippen LogP contribution in [0.4, 0.5) is 5.69 Å². The number of anilines is 1. The van der Waals surface area contributed by atoms with E-state index < -0.39 is 11.4 Å². The Hall–Kier alpha value is -2.35. The van der Waals surface area contributed by atoms with Crippen molar-refractivity contribution >= 4 is 17.6 Å². The van der Waals surface area contributed by atoms with Gasteiger partial charge in [-0.3, -0.25) is 9.59 Å². The van der Waals surface area contributed by atoms with Gasteiger partial charge in [-0.25, -0.2) is 0 Å². The van der Waals surface area contributed by atoms with E-state index in [-0.39, 0.29) is 5.91 Å². The van der Waals surface area contributed by atoms with Crippen LogP contribution in [-0.2, 0) is 14.3 Å². The van der Waals surface area contributed by atoms with Crippen molar-refractivity contribution in [3.63, 3.8) is 0 Å². The molecule has 5 heteroatoms. The average Bonchev–Trinajstić information content (AvgIpc) is 3.19. The molecule has 2 rings (SSSR count).